The monoisotopic (exact) mass is 187 g/mol. The van der Waals surface area contributed by atoms with Gasteiger partial charge < -0.3 is 0 Å². The average molecular weight is 187 g/mol. The van der Waals surface area contributed by atoms with Crippen LogP contribution >= 0.6 is 0 Å². The SMILES string of the molecule is [Ti].[Ti]=[N]c1ccccc1. The van der Waals surface area contributed by atoms with Gasteiger partial charge in [0.25, 0.3) is 0 Å². The fourth-order valence-electron chi connectivity index (χ4n) is 0.503. The van der Waals surface area contributed by atoms with Crippen LogP contribution in [0.15, 0.2) is 33.7 Å². The standard InChI is InChI=1S/C6H5N.2Ti/c7-6-4-2-1-3-5-6;;/h1-5H;;. The minimum atomic E-state index is 0. The fourth-order valence-corrected chi connectivity index (χ4v) is 0.735. The zero-order valence-corrected chi connectivity index (χ0v) is 7.96. The second-order valence-corrected chi connectivity index (χ2v) is 1.80. The van der Waals surface area contributed by atoms with Crippen molar-refractivity contribution in [1.29, 1.82) is 0 Å². The van der Waals surface area contributed by atoms with Crippen molar-refractivity contribution in [1.82, 2.24) is 0 Å². The Morgan fingerprint density at radius 2 is 1.67 bits per heavy atom. The molecular formula is C6H5NTi2. The fraction of sp³-hybridized carbons (Fsp3) is 0. The molecule has 1 rings (SSSR count). The van der Waals surface area contributed by atoms with Gasteiger partial charge in [-0.25, -0.2) is 0 Å². The van der Waals surface area contributed by atoms with Crippen molar-refractivity contribution in [3.8, 4) is 0 Å². The molecule has 0 bridgehead atoms. The van der Waals surface area contributed by atoms with Crippen LogP contribution in [0, 0.1) is 0 Å². The van der Waals surface area contributed by atoms with E-state index < -0.39 is 0 Å². The predicted molar refractivity (Wildman–Crippen MR) is 28.5 cm³/mol. The molecule has 1 aromatic carbocycles. The van der Waals surface area contributed by atoms with Crippen molar-refractivity contribution in [3.05, 3.63) is 30.3 Å². The summed E-state index contributed by atoms with van der Waals surface area (Å²) in [6, 6.07) is 9.87. The van der Waals surface area contributed by atoms with Gasteiger partial charge in [-0.2, -0.15) is 0 Å². The molecule has 0 saturated carbocycles. The maximum atomic E-state index is 3.97. The summed E-state index contributed by atoms with van der Waals surface area (Å²) < 4.78 is 3.97. The van der Waals surface area contributed by atoms with E-state index in [1.54, 1.807) is 20.3 Å². The molecule has 3 heteroatoms. The van der Waals surface area contributed by atoms with Gasteiger partial charge in [0.2, 0.25) is 0 Å². The Hall–Kier alpha value is 0.449. The number of rotatable bonds is 1. The van der Waals surface area contributed by atoms with Crippen LogP contribution in [0.1, 0.15) is 0 Å². The van der Waals surface area contributed by atoms with Gasteiger partial charge in [-0.1, -0.05) is 0 Å². The maximum absolute atomic E-state index is 3.97. The molecule has 0 N–H and O–H groups in total. The first-order valence-electron chi connectivity index (χ1n) is 2.36. The van der Waals surface area contributed by atoms with Gasteiger partial charge in [0.1, 0.15) is 0 Å². The van der Waals surface area contributed by atoms with Gasteiger partial charge in [-0.15, -0.1) is 0 Å². The zero-order valence-electron chi connectivity index (χ0n) is 4.83. The van der Waals surface area contributed by atoms with Crippen LogP contribution in [0.4, 0.5) is 5.69 Å². The van der Waals surface area contributed by atoms with E-state index in [-0.39, 0.29) is 21.7 Å². The molecule has 0 unspecified atom stereocenters. The van der Waals surface area contributed by atoms with Gasteiger partial charge in [-0.3, -0.25) is 0 Å². The van der Waals surface area contributed by atoms with E-state index in [9.17, 15) is 0 Å². The summed E-state index contributed by atoms with van der Waals surface area (Å²) in [7, 11) is 0. The Balaban J connectivity index is 0.000000640. The van der Waals surface area contributed by atoms with E-state index in [2.05, 4.69) is 3.42 Å². The first-order chi connectivity index (χ1) is 3.93. The number of hydrogen-bond acceptors (Lipinski definition) is 1. The van der Waals surface area contributed by atoms with Crippen molar-refractivity contribution in [3.63, 3.8) is 0 Å². The van der Waals surface area contributed by atoms with Crippen LogP contribution in [-0.2, 0) is 42.0 Å². The first kappa shape index (κ1) is 9.45. The number of nitrogens with zero attached hydrogens (tertiary/aromatic N) is 1. The zero-order chi connectivity index (χ0) is 5.82. The molecule has 0 aliphatic rings. The summed E-state index contributed by atoms with van der Waals surface area (Å²) in [6.45, 7) is 0. The van der Waals surface area contributed by atoms with Gasteiger partial charge in [0, 0.05) is 21.7 Å². The van der Waals surface area contributed by atoms with E-state index >= 15 is 0 Å². The molecule has 0 heterocycles. The molecule has 0 spiro atoms. The van der Waals surface area contributed by atoms with Gasteiger partial charge in [-0.05, 0) is 0 Å². The van der Waals surface area contributed by atoms with E-state index in [0.717, 1.165) is 5.69 Å². The molecular weight excluding hydrogens is 182 g/mol. The van der Waals surface area contributed by atoms with Gasteiger partial charge in [0.15, 0.2) is 0 Å². The van der Waals surface area contributed by atoms with E-state index in [4.69, 9.17) is 0 Å². The Morgan fingerprint density at radius 3 is 2.00 bits per heavy atom. The summed E-state index contributed by atoms with van der Waals surface area (Å²) in [6.07, 6.45) is 0. The second-order valence-electron chi connectivity index (χ2n) is 1.45. The normalized spacial score (nSPS) is 7.44. The summed E-state index contributed by atoms with van der Waals surface area (Å²) >= 11 is 1.79. The molecule has 0 saturated heterocycles. The van der Waals surface area contributed by atoms with E-state index in [1.165, 1.54) is 0 Å². The number of benzene rings is 1. The second kappa shape index (κ2) is 5.25. The van der Waals surface area contributed by atoms with Crippen molar-refractivity contribution in [2.45, 2.75) is 0 Å². The third-order valence-corrected chi connectivity index (χ3v) is 1.29. The summed E-state index contributed by atoms with van der Waals surface area (Å²) in [5.41, 5.74) is 1.03. The first-order valence-corrected chi connectivity index (χ1v) is 3.06. The van der Waals surface area contributed by atoms with Gasteiger partial charge in [0.05, 0.1) is 0 Å². The van der Waals surface area contributed by atoms with Crippen LogP contribution in [0.2, 0.25) is 0 Å². The summed E-state index contributed by atoms with van der Waals surface area (Å²) in [4.78, 5) is 0. The Labute approximate surface area is 81.0 Å². The third kappa shape index (κ3) is 3.22. The quantitative estimate of drug-likeness (QED) is 0.596. The van der Waals surface area contributed by atoms with Crippen molar-refractivity contribution in [2.24, 2.45) is 3.42 Å². The van der Waals surface area contributed by atoms with Crippen LogP contribution in [0.5, 0.6) is 0 Å². The summed E-state index contributed by atoms with van der Waals surface area (Å²) in [5, 5.41) is 0. The molecule has 1 aromatic rings. The van der Waals surface area contributed by atoms with E-state index in [1.807, 2.05) is 30.3 Å². The minimum absolute atomic E-state index is 0. The van der Waals surface area contributed by atoms with Crippen molar-refractivity contribution in [2.75, 3.05) is 0 Å². The molecule has 0 aliphatic carbocycles. The molecule has 0 radical (unpaired) electrons. The Bertz CT molecular complexity index is 174. The van der Waals surface area contributed by atoms with Crippen molar-refractivity contribution < 1.29 is 42.0 Å². The molecule has 0 aliphatic heterocycles. The molecule has 0 fully saturated rings. The Kier molecular flexibility index (Phi) is 5.51. The van der Waals surface area contributed by atoms with Crippen LogP contribution < -0.4 is 0 Å². The molecule has 1 nitrogen and oxygen atoms in total. The molecule has 9 heavy (non-hydrogen) atoms. The molecule has 42 valence electrons. The molecule has 0 amide bonds. The van der Waals surface area contributed by atoms with Crippen LogP contribution in [0.3, 0.4) is 0 Å². The van der Waals surface area contributed by atoms with Gasteiger partial charge >= 0.3 is 59.7 Å². The average Bonchev–Trinajstić information content (AvgIpc) is 1.90. The van der Waals surface area contributed by atoms with Crippen LogP contribution in [0.25, 0.3) is 0 Å². The topological polar surface area (TPSA) is 12.4 Å². The summed E-state index contributed by atoms with van der Waals surface area (Å²) in [5.74, 6) is 0. The Morgan fingerprint density at radius 1 is 1.11 bits per heavy atom. The predicted octanol–water partition coefficient (Wildman–Crippen LogP) is 2.05. The van der Waals surface area contributed by atoms with Crippen molar-refractivity contribution >= 4 is 5.69 Å². The van der Waals surface area contributed by atoms with E-state index in [0.29, 0.717) is 0 Å². The molecule has 0 atom stereocenters. The molecule has 0 aromatic heterocycles. The van der Waals surface area contributed by atoms with Crippen LogP contribution in [-0.4, -0.2) is 0 Å². The third-order valence-electron chi connectivity index (χ3n) is 0.885. The number of hydrogen-bond donors (Lipinski definition) is 0.